The third-order valence-electron chi connectivity index (χ3n) is 3.91. The Morgan fingerprint density at radius 2 is 2.13 bits per heavy atom. The lowest BCUT2D eigenvalue weighted by molar-refractivity contribution is -0.126. The number of rotatable bonds is 4. The first-order chi connectivity index (χ1) is 11.1. The fraction of sp³-hybridized carbons (Fsp3) is 0.353. The number of amides is 1. The average molecular weight is 315 g/mol. The van der Waals surface area contributed by atoms with Gasteiger partial charge in [0.05, 0.1) is 0 Å². The third-order valence-corrected chi connectivity index (χ3v) is 3.91. The van der Waals surface area contributed by atoms with Crippen LogP contribution in [0.5, 0.6) is 0 Å². The lowest BCUT2D eigenvalue weighted by atomic mass is 9.93. The number of halogens is 1. The van der Waals surface area contributed by atoms with Gasteiger partial charge < -0.3 is 9.84 Å². The van der Waals surface area contributed by atoms with E-state index in [1.807, 2.05) is 6.08 Å². The van der Waals surface area contributed by atoms with Gasteiger partial charge in [0.2, 0.25) is 17.6 Å². The van der Waals surface area contributed by atoms with Crippen LogP contribution in [0.2, 0.25) is 0 Å². The molecule has 6 heteroatoms. The number of benzene rings is 1. The maximum absolute atomic E-state index is 12.9. The molecule has 0 bridgehead atoms. The van der Waals surface area contributed by atoms with E-state index in [1.165, 1.54) is 12.1 Å². The number of carbonyl (C=O) groups excluding carboxylic acids is 1. The van der Waals surface area contributed by atoms with Crippen LogP contribution in [0.4, 0.5) is 4.39 Å². The van der Waals surface area contributed by atoms with E-state index in [0.29, 0.717) is 17.3 Å². The van der Waals surface area contributed by atoms with Gasteiger partial charge in [-0.1, -0.05) is 17.3 Å². The molecule has 1 heterocycles. The summed E-state index contributed by atoms with van der Waals surface area (Å²) in [7, 11) is 0. The molecule has 0 radical (unpaired) electrons. The molecular formula is C17H18FN3O2. The maximum Gasteiger partial charge on any atom is 0.249 e. The molecule has 5 nitrogen and oxygen atoms in total. The van der Waals surface area contributed by atoms with E-state index < -0.39 is 0 Å². The summed E-state index contributed by atoms with van der Waals surface area (Å²) >= 11 is 0. The van der Waals surface area contributed by atoms with Crippen LogP contribution < -0.4 is 5.32 Å². The molecule has 0 spiro atoms. The summed E-state index contributed by atoms with van der Waals surface area (Å²) in [6.45, 7) is 1.80. The summed E-state index contributed by atoms with van der Waals surface area (Å²) in [5.41, 5.74) is 0.664. The van der Waals surface area contributed by atoms with E-state index >= 15 is 0 Å². The predicted octanol–water partition coefficient (Wildman–Crippen LogP) is 3.41. The molecular weight excluding hydrogens is 297 g/mol. The largest absolute Gasteiger partial charge is 0.344 e. The van der Waals surface area contributed by atoms with E-state index in [0.717, 1.165) is 19.3 Å². The lowest BCUT2D eigenvalue weighted by Crippen LogP contribution is -2.33. The standard InChI is InChI=1S/C17H18FN3O2/c1-11(19-16(22)13-5-3-2-4-6-13)17-20-15(21-23-17)12-7-9-14(18)10-8-12/h2-3,7-11,13H,4-6H2,1H3,(H,19,22)/t11-,13-/m1/s1. The summed E-state index contributed by atoms with van der Waals surface area (Å²) in [4.78, 5) is 16.5. The summed E-state index contributed by atoms with van der Waals surface area (Å²) < 4.78 is 18.2. The Morgan fingerprint density at radius 1 is 1.35 bits per heavy atom. The van der Waals surface area contributed by atoms with E-state index in [9.17, 15) is 9.18 Å². The Morgan fingerprint density at radius 3 is 2.83 bits per heavy atom. The topological polar surface area (TPSA) is 68.0 Å². The molecule has 0 saturated carbocycles. The van der Waals surface area contributed by atoms with Gasteiger partial charge >= 0.3 is 0 Å². The van der Waals surface area contributed by atoms with E-state index in [2.05, 4.69) is 21.5 Å². The Hall–Kier alpha value is -2.50. The Bertz CT molecular complexity index is 709. The molecule has 1 aromatic carbocycles. The molecule has 23 heavy (non-hydrogen) atoms. The first-order valence-corrected chi connectivity index (χ1v) is 7.68. The van der Waals surface area contributed by atoms with Crippen LogP contribution in [-0.4, -0.2) is 16.0 Å². The van der Waals surface area contributed by atoms with Gasteiger partial charge in [0.25, 0.3) is 0 Å². The normalized spacial score (nSPS) is 18.6. The first kappa shape index (κ1) is 15.4. The zero-order valence-electron chi connectivity index (χ0n) is 12.8. The van der Waals surface area contributed by atoms with Crippen LogP contribution in [0.3, 0.4) is 0 Å². The number of carbonyl (C=O) groups is 1. The molecule has 120 valence electrons. The zero-order chi connectivity index (χ0) is 16.2. The van der Waals surface area contributed by atoms with Crippen LogP contribution in [0.1, 0.15) is 38.1 Å². The minimum absolute atomic E-state index is 0.00180. The highest BCUT2D eigenvalue weighted by Gasteiger charge is 2.23. The molecule has 1 amide bonds. The molecule has 1 N–H and O–H groups in total. The van der Waals surface area contributed by atoms with Crippen molar-refractivity contribution >= 4 is 5.91 Å². The molecule has 1 aromatic heterocycles. The van der Waals surface area contributed by atoms with Gasteiger partial charge in [0, 0.05) is 11.5 Å². The summed E-state index contributed by atoms with van der Waals surface area (Å²) in [5.74, 6) is 0.399. The second kappa shape index (κ2) is 6.73. The quantitative estimate of drug-likeness (QED) is 0.878. The summed E-state index contributed by atoms with van der Waals surface area (Å²) in [5, 5.41) is 6.80. The van der Waals surface area contributed by atoms with Crippen molar-refractivity contribution in [1.82, 2.24) is 15.5 Å². The van der Waals surface area contributed by atoms with Crippen LogP contribution in [0, 0.1) is 11.7 Å². The number of aromatic nitrogens is 2. The molecule has 1 aliphatic rings. The molecule has 2 aromatic rings. The van der Waals surface area contributed by atoms with Crippen molar-refractivity contribution in [1.29, 1.82) is 0 Å². The van der Waals surface area contributed by atoms with Gasteiger partial charge in [-0.25, -0.2) is 4.39 Å². The smallest absolute Gasteiger partial charge is 0.249 e. The highest BCUT2D eigenvalue weighted by atomic mass is 19.1. The first-order valence-electron chi connectivity index (χ1n) is 7.68. The highest BCUT2D eigenvalue weighted by Crippen LogP contribution is 2.21. The van der Waals surface area contributed by atoms with Crippen molar-refractivity contribution in [2.24, 2.45) is 5.92 Å². The van der Waals surface area contributed by atoms with Crippen molar-refractivity contribution in [3.63, 3.8) is 0 Å². The Balaban J connectivity index is 1.66. The monoisotopic (exact) mass is 315 g/mol. The minimum atomic E-state index is -0.366. The molecule has 0 unspecified atom stereocenters. The third kappa shape index (κ3) is 3.64. The number of hydrogen-bond donors (Lipinski definition) is 1. The lowest BCUT2D eigenvalue weighted by Gasteiger charge is -2.19. The van der Waals surface area contributed by atoms with Crippen molar-refractivity contribution in [3.05, 3.63) is 48.1 Å². The van der Waals surface area contributed by atoms with Crippen molar-refractivity contribution in [3.8, 4) is 11.4 Å². The number of nitrogens with zero attached hydrogens (tertiary/aromatic N) is 2. The van der Waals surface area contributed by atoms with Gasteiger partial charge in [-0.15, -0.1) is 0 Å². The van der Waals surface area contributed by atoms with Crippen LogP contribution >= 0.6 is 0 Å². The fourth-order valence-electron chi connectivity index (χ4n) is 2.55. The van der Waals surface area contributed by atoms with E-state index in [1.54, 1.807) is 19.1 Å². The second-order valence-corrected chi connectivity index (χ2v) is 5.67. The number of hydrogen-bond acceptors (Lipinski definition) is 4. The molecule has 3 rings (SSSR count). The number of allylic oxidation sites excluding steroid dienone is 2. The van der Waals surface area contributed by atoms with E-state index in [-0.39, 0.29) is 23.7 Å². The molecule has 0 saturated heterocycles. The van der Waals surface area contributed by atoms with Crippen molar-refractivity contribution < 1.29 is 13.7 Å². The van der Waals surface area contributed by atoms with Crippen molar-refractivity contribution in [2.45, 2.75) is 32.2 Å². The van der Waals surface area contributed by atoms with Crippen LogP contribution in [0.15, 0.2) is 40.9 Å². The van der Waals surface area contributed by atoms with Gasteiger partial charge in [-0.2, -0.15) is 4.98 Å². The molecule has 0 fully saturated rings. The molecule has 0 aliphatic heterocycles. The Kier molecular flexibility index (Phi) is 4.50. The van der Waals surface area contributed by atoms with Gasteiger partial charge in [0.1, 0.15) is 11.9 Å². The van der Waals surface area contributed by atoms with Gasteiger partial charge in [-0.05, 0) is 50.5 Å². The highest BCUT2D eigenvalue weighted by molar-refractivity contribution is 5.79. The van der Waals surface area contributed by atoms with Gasteiger partial charge in [0.15, 0.2) is 0 Å². The maximum atomic E-state index is 12.9. The van der Waals surface area contributed by atoms with Crippen LogP contribution in [0.25, 0.3) is 11.4 Å². The molecule has 2 atom stereocenters. The predicted molar refractivity (Wildman–Crippen MR) is 82.7 cm³/mol. The van der Waals surface area contributed by atoms with Gasteiger partial charge in [-0.3, -0.25) is 4.79 Å². The Labute approximate surface area is 133 Å². The number of nitrogens with one attached hydrogen (secondary N) is 1. The summed E-state index contributed by atoms with van der Waals surface area (Å²) in [6, 6.07) is 5.49. The van der Waals surface area contributed by atoms with Crippen molar-refractivity contribution in [2.75, 3.05) is 0 Å². The van der Waals surface area contributed by atoms with Crippen LogP contribution in [-0.2, 0) is 4.79 Å². The minimum Gasteiger partial charge on any atom is -0.344 e. The zero-order valence-corrected chi connectivity index (χ0v) is 12.8. The SMILES string of the molecule is C[C@@H](NC(=O)[C@@H]1CC=CCC1)c1nc(-c2ccc(F)cc2)no1. The summed E-state index contributed by atoms with van der Waals surface area (Å²) in [6.07, 6.45) is 6.70. The molecule has 1 aliphatic carbocycles. The average Bonchev–Trinajstić information content (AvgIpc) is 3.06. The fourth-order valence-corrected chi connectivity index (χ4v) is 2.55. The second-order valence-electron chi connectivity index (χ2n) is 5.67. The van der Waals surface area contributed by atoms with E-state index in [4.69, 9.17) is 4.52 Å².